The zero-order chi connectivity index (χ0) is 17.8. The minimum atomic E-state index is -0.222. The van der Waals surface area contributed by atoms with Gasteiger partial charge in [0.2, 0.25) is 5.91 Å². The molecule has 0 aromatic heterocycles. The van der Waals surface area contributed by atoms with Crippen LogP contribution in [0.3, 0.4) is 0 Å². The van der Waals surface area contributed by atoms with Crippen LogP contribution in [-0.4, -0.2) is 43.5 Å². The largest absolute Gasteiger partial charge is 0.376 e. The average molecular weight is 362 g/mol. The average Bonchev–Trinajstić information content (AvgIpc) is 2.63. The SMILES string of the molecule is Cc1ccc(Cl)cc1NCC(=O)N1CCN(c2ccccc2F)CC1. The summed E-state index contributed by atoms with van der Waals surface area (Å²) in [5.41, 5.74) is 2.51. The first-order valence-electron chi connectivity index (χ1n) is 8.32. The maximum absolute atomic E-state index is 13.9. The number of rotatable bonds is 4. The second kappa shape index (κ2) is 7.74. The van der Waals surface area contributed by atoms with E-state index in [2.05, 4.69) is 5.32 Å². The van der Waals surface area contributed by atoms with E-state index in [-0.39, 0.29) is 18.3 Å². The van der Waals surface area contributed by atoms with E-state index in [0.717, 1.165) is 11.3 Å². The van der Waals surface area contributed by atoms with E-state index < -0.39 is 0 Å². The minimum absolute atomic E-state index is 0.0348. The van der Waals surface area contributed by atoms with Crippen LogP contribution in [0.1, 0.15) is 5.56 Å². The molecule has 1 amide bonds. The highest BCUT2D eigenvalue weighted by molar-refractivity contribution is 6.30. The molecule has 1 N–H and O–H groups in total. The fraction of sp³-hybridized carbons (Fsp3) is 0.316. The van der Waals surface area contributed by atoms with Gasteiger partial charge in [0.05, 0.1) is 12.2 Å². The van der Waals surface area contributed by atoms with Crippen LogP contribution in [-0.2, 0) is 4.79 Å². The van der Waals surface area contributed by atoms with Crippen LogP contribution in [0.25, 0.3) is 0 Å². The Morgan fingerprint density at radius 2 is 1.88 bits per heavy atom. The van der Waals surface area contributed by atoms with Crippen LogP contribution in [0.2, 0.25) is 5.02 Å². The van der Waals surface area contributed by atoms with Crippen molar-refractivity contribution in [3.05, 3.63) is 58.9 Å². The normalized spacial score (nSPS) is 14.5. The lowest BCUT2D eigenvalue weighted by molar-refractivity contribution is -0.129. The Morgan fingerprint density at radius 3 is 2.60 bits per heavy atom. The monoisotopic (exact) mass is 361 g/mol. The molecule has 132 valence electrons. The van der Waals surface area contributed by atoms with Gasteiger partial charge < -0.3 is 15.1 Å². The quantitative estimate of drug-likeness (QED) is 0.904. The first-order chi connectivity index (χ1) is 12.0. The maximum Gasteiger partial charge on any atom is 0.241 e. The molecule has 0 atom stereocenters. The number of aryl methyl sites for hydroxylation is 1. The van der Waals surface area contributed by atoms with Gasteiger partial charge >= 0.3 is 0 Å². The summed E-state index contributed by atoms with van der Waals surface area (Å²) in [6, 6.07) is 12.3. The molecule has 2 aromatic carbocycles. The van der Waals surface area contributed by atoms with E-state index in [1.54, 1.807) is 12.1 Å². The predicted octanol–water partition coefficient (Wildman–Crippen LogP) is 3.55. The maximum atomic E-state index is 13.9. The van der Waals surface area contributed by atoms with E-state index in [0.29, 0.717) is 36.9 Å². The van der Waals surface area contributed by atoms with Crippen LogP contribution in [0.15, 0.2) is 42.5 Å². The number of amides is 1. The molecule has 1 fully saturated rings. The number of hydrogen-bond acceptors (Lipinski definition) is 3. The molecular weight excluding hydrogens is 341 g/mol. The molecule has 2 aromatic rings. The zero-order valence-corrected chi connectivity index (χ0v) is 14.9. The van der Waals surface area contributed by atoms with E-state index in [4.69, 9.17) is 11.6 Å². The third-order valence-electron chi connectivity index (χ3n) is 4.46. The van der Waals surface area contributed by atoms with Crippen LogP contribution >= 0.6 is 11.6 Å². The number of piperazine rings is 1. The molecular formula is C19H21ClFN3O. The summed E-state index contributed by atoms with van der Waals surface area (Å²) >= 11 is 6.00. The summed E-state index contributed by atoms with van der Waals surface area (Å²) in [7, 11) is 0. The number of halogens is 2. The molecule has 1 saturated heterocycles. The fourth-order valence-electron chi connectivity index (χ4n) is 2.97. The molecule has 3 rings (SSSR count). The third kappa shape index (κ3) is 4.23. The van der Waals surface area contributed by atoms with Crippen molar-refractivity contribution in [3.8, 4) is 0 Å². The van der Waals surface area contributed by atoms with Crippen molar-refractivity contribution in [2.45, 2.75) is 6.92 Å². The van der Waals surface area contributed by atoms with E-state index in [1.807, 2.05) is 41.0 Å². The topological polar surface area (TPSA) is 35.6 Å². The Morgan fingerprint density at radius 1 is 1.16 bits per heavy atom. The molecule has 1 aliphatic rings. The minimum Gasteiger partial charge on any atom is -0.376 e. The smallest absolute Gasteiger partial charge is 0.241 e. The summed E-state index contributed by atoms with van der Waals surface area (Å²) in [6.07, 6.45) is 0. The molecule has 0 aliphatic carbocycles. The van der Waals surface area contributed by atoms with Gasteiger partial charge in [-0.2, -0.15) is 0 Å². The number of carbonyl (C=O) groups is 1. The van der Waals surface area contributed by atoms with Crippen molar-refractivity contribution in [3.63, 3.8) is 0 Å². The standard InChI is InChI=1S/C19H21ClFN3O/c1-14-6-7-15(20)12-17(14)22-13-19(25)24-10-8-23(9-11-24)18-5-3-2-4-16(18)21/h2-7,12,22H,8-11,13H2,1H3. The fourth-order valence-corrected chi connectivity index (χ4v) is 3.14. The van der Waals surface area contributed by atoms with E-state index in [1.165, 1.54) is 6.07 Å². The van der Waals surface area contributed by atoms with Crippen LogP contribution in [0.4, 0.5) is 15.8 Å². The van der Waals surface area contributed by atoms with Crippen molar-refractivity contribution < 1.29 is 9.18 Å². The van der Waals surface area contributed by atoms with Crippen molar-refractivity contribution >= 4 is 28.9 Å². The summed E-state index contributed by atoms with van der Waals surface area (Å²) in [5, 5.41) is 3.79. The van der Waals surface area contributed by atoms with Gasteiger partial charge in [-0.25, -0.2) is 4.39 Å². The lowest BCUT2D eigenvalue weighted by Gasteiger charge is -2.36. The first kappa shape index (κ1) is 17.5. The molecule has 1 heterocycles. The number of nitrogens with zero attached hydrogens (tertiary/aromatic N) is 2. The number of carbonyl (C=O) groups excluding carboxylic acids is 1. The predicted molar refractivity (Wildman–Crippen MR) is 99.9 cm³/mol. The number of benzene rings is 2. The highest BCUT2D eigenvalue weighted by Gasteiger charge is 2.22. The number of nitrogens with one attached hydrogen (secondary N) is 1. The van der Waals surface area contributed by atoms with Crippen molar-refractivity contribution in [2.75, 3.05) is 42.9 Å². The zero-order valence-electron chi connectivity index (χ0n) is 14.1. The molecule has 0 saturated carbocycles. The summed E-state index contributed by atoms with van der Waals surface area (Å²) < 4.78 is 13.9. The van der Waals surface area contributed by atoms with Gasteiger partial charge in [-0.3, -0.25) is 4.79 Å². The van der Waals surface area contributed by atoms with Gasteiger partial charge in [0.1, 0.15) is 5.82 Å². The van der Waals surface area contributed by atoms with Crippen molar-refractivity contribution in [2.24, 2.45) is 0 Å². The van der Waals surface area contributed by atoms with Crippen LogP contribution in [0, 0.1) is 12.7 Å². The molecule has 6 heteroatoms. The second-order valence-electron chi connectivity index (χ2n) is 6.13. The third-order valence-corrected chi connectivity index (χ3v) is 4.69. The van der Waals surface area contributed by atoms with Gasteiger partial charge in [0.15, 0.2) is 0 Å². The van der Waals surface area contributed by atoms with E-state index in [9.17, 15) is 9.18 Å². The molecule has 1 aliphatic heterocycles. The van der Waals surface area contributed by atoms with Crippen LogP contribution < -0.4 is 10.2 Å². The van der Waals surface area contributed by atoms with Gasteiger partial charge in [-0.1, -0.05) is 29.8 Å². The summed E-state index contributed by atoms with van der Waals surface area (Å²) in [4.78, 5) is 16.2. The first-order valence-corrected chi connectivity index (χ1v) is 8.69. The lowest BCUT2D eigenvalue weighted by Crippen LogP contribution is -2.50. The summed E-state index contributed by atoms with van der Waals surface area (Å²) in [6.45, 7) is 4.62. The lowest BCUT2D eigenvalue weighted by atomic mass is 10.2. The molecule has 0 radical (unpaired) electrons. The highest BCUT2D eigenvalue weighted by Crippen LogP contribution is 2.21. The molecule has 0 bridgehead atoms. The Bertz CT molecular complexity index is 760. The van der Waals surface area contributed by atoms with Gasteiger partial charge in [0, 0.05) is 36.9 Å². The number of para-hydroxylation sites is 1. The Labute approximate surface area is 152 Å². The Kier molecular flexibility index (Phi) is 5.43. The van der Waals surface area contributed by atoms with Gasteiger partial charge in [0.25, 0.3) is 0 Å². The van der Waals surface area contributed by atoms with Gasteiger partial charge in [-0.05, 0) is 36.8 Å². The summed E-state index contributed by atoms with van der Waals surface area (Å²) in [5.74, 6) is -0.187. The van der Waals surface area contributed by atoms with Gasteiger partial charge in [-0.15, -0.1) is 0 Å². The van der Waals surface area contributed by atoms with Crippen molar-refractivity contribution in [1.29, 1.82) is 0 Å². The van der Waals surface area contributed by atoms with Crippen LogP contribution in [0.5, 0.6) is 0 Å². The highest BCUT2D eigenvalue weighted by atomic mass is 35.5. The molecule has 4 nitrogen and oxygen atoms in total. The molecule has 25 heavy (non-hydrogen) atoms. The molecule has 0 unspecified atom stereocenters. The van der Waals surface area contributed by atoms with Crippen molar-refractivity contribution in [1.82, 2.24) is 4.90 Å². The number of hydrogen-bond donors (Lipinski definition) is 1. The van der Waals surface area contributed by atoms with E-state index >= 15 is 0 Å². The number of anilines is 2. The second-order valence-corrected chi connectivity index (χ2v) is 6.57. The molecule has 0 spiro atoms. The Balaban J connectivity index is 1.53. The Hall–Kier alpha value is -2.27.